The lowest BCUT2D eigenvalue weighted by Crippen LogP contribution is -2.54. The third-order valence-electron chi connectivity index (χ3n) is 5.88. The monoisotopic (exact) mass is 537 g/mol. The molecule has 3 amide bonds. The second kappa shape index (κ2) is 16.4. The first-order chi connectivity index (χ1) is 17.4. The van der Waals surface area contributed by atoms with Gasteiger partial charge in [-0.25, -0.2) is 4.79 Å². The molecular weight excluding hydrogens is 490 g/mol. The summed E-state index contributed by atoms with van der Waals surface area (Å²) < 4.78 is 5.35. The van der Waals surface area contributed by atoms with Crippen molar-refractivity contribution in [1.82, 2.24) is 15.5 Å². The largest absolute Gasteiger partial charge is 0.508 e. The summed E-state index contributed by atoms with van der Waals surface area (Å²) in [6.07, 6.45) is 5.89. The van der Waals surface area contributed by atoms with Gasteiger partial charge in [-0.15, -0.1) is 0 Å². The Morgan fingerprint density at radius 1 is 1.05 bits per heavy atom. The number of amides is 3. The van der Waals surface area contributed by atoms with Crippen LogP contribution in [0.1, 0.15) is 96.7 Å². The molecule has 0 radical (unpaired) electrons. The normalized spacial score (nSPS) is 12.9. The average Bonchev–Trinajstić information content (AvgIpc) is 2.82. The first-order valence-electron chi connectivity index (χ1n) is 13.4. The minimum Gasteiger partial charge on any atom is -0.508 e. The molecular formula is C28H47N3O5S. The number of aryl methyl sites for hydroxylation is 1. The van der Waals surface area contributed by atoms with Crippen molar-refractivity contribution in [3.63, 3.8) is 0 Å². The third kappa shape index (κ3) is 11.7. The van der Waals surface area contributed by atoms with E-state index in [1.807, 2.05) is 6.92 Å². The molecule has 1 rings (SSSR count). The zero-order chi connectivity index (χ0) is 28.0. The van der Waals surface area contributed by atoms with E-state index in [4.69, 9.17) is 4.74 Å². The summed E-state index contributed by atoms with van der Waals surface area (Å²) in [6, 6.07) is 3.04. The first kappa shape index (κ1) is 32.6. The molecule has 0 bridgehead atoms. The summed E-state index contributed by atoms with van der Waals surface area (Å²) in [4.78, 5) is 41.4. The van der Waals surface area contributed by atoms with Crippen LogP contribution in [0.5, 0.6) is 5.75 Å². The highest BCUT2D eigenvalue weighted by Gasteiger charge is 2.35. The third-order valence-corrected chi connectivity index (χ3v) is 6.25. The van der Waals surface area contributed by atoms with Crippen molar-refractivity contribution >= 4 is 30.5 Å². The fourth-order valence-electron chi connectivity index (χ4n) is 3.89. The number of alkyl carbamates (subject to hydrolysis) is 1. The Hall–Kier alpha value is -2.42. The first-order valence-corrected chi connectivity index (χ1v) is 14.1. The lowest BCUT2D eigenvalue weighted by Gasteiger charge is -2.34. The molecule has 1 aromatic carbocycles. The Kier molecular flexibility index (Phi) is 14.5. The number of nitrogens with zero attached hydrogens (tertiary/aromatic N) is 1. The predicted molar refractivity (Wildman–Crippen MR) is 151 cm³/mol. The number of phenolic OH excluding ortho intramolecular Hbond substituents is 1. The zero-order valence-corrected chi connectivity index (χ0v) is 24.3. The van der Waals surface area contributed by atoms with E-state index in [-0.39, 0.29) is 17.4 Å². The van der Waals surface area contributed by atoms with Crippen molar-refractivity contribution in [2.75, 3.05) is 18.8 Å². The van der Waals surface area contributed by atoms with Gasteiger partial charge >= 0.3 is 6.09 Å². The Morgan fingerprint density at radius 3 is 2.27 bits per heavy atom. The molecule has 3 N–H and O–H groups in total. The molecule has 8 nitrogen and oxygen atoms in total. The number of nitrogens with one attached hydrogen (secondary N) is 2. The molecule has 1 aromatic rings. The van der Waals surface area contributed by atoms with Gasteiger partial charge in [-0.2, -0.15) is 12.6 Å². The van der Waals surface area contributed by atoms with E-state index < -0.39 is 29.7 Å². The Balaban J connectivity index is 3.37. The van der Waals surface area contributed by atoms with E-state index in [0.717, 1.165) is 38.5 Å². The molecule has 0 saturated carbocycles. The van der Waals surface area contributed by atoms with Gasteiger partial charge in [-0.1, -0.05) is 52.0 Å². The van der Waals surface area contributed by atoms with Crippen molar-refractivity contribution in [2.45, 2.75) is 104 Å². The minimum absolute atomic E-state index is 0.0448. The SMILES string of the molecule is CCCCCCCN(C(=O)C(CS)NC(=O)OC(C)(C)C)C(C(=O)NCCCC)c1ccc(O)c(C)c1. The number of carbonyl (C=O) groups excluding carboxylic acids is 3. The van der Waals surface area contributed by atoms with E-state index in [1.54, 1.807) is 39.8 Å². The van der Waals surface area contributed by atoms with Crippen LogP contribution in [-0.4, -0.2) is 58.4 Å². The predicted octanol–water partition coefficient (Wildman–Crippen LogP) is 5.28. The topological polar surface area (TPSA) is 108 Å². The molecule has 0 aromatic heterocycles. The van der Waals surface area contributed by atoms with Crippen LogP contribution in [0.3, 0.4) is 0 Å². The molecule has 0 spiro atoms. The van der Waals surface area contributed by atoms with E-state index in [1.165, 1.54) is 11.0 Å². The maximum Gasteiger partial charge on any atom is 0.408 e. The quantitative estimate of drug-likeness (QED) is 0.180. The molecule has 0 aliphatic carbocycles. The van der Waals surface area contributed by atoms with Crippen LogP contribution in [0.25, 0.3) is 0 Å². The second-order valence-electron chi connectivity index (χ2n) is 10.4. The van der Waals surface area contributed by atoms with Gasteiger partial charge in [0, 0.05) is 18.8 Å². The van der Waals surface area contributed by atoms with E-state index in [2.05, 4.69) is 30.2 Å². The van der Waals surface area contributed by atoms with Gasteiger partial charge in [0.2, 0.25) is 11.8 Å². The van der Waals surface area contributed by atoms with Crippen LogP contribution in [0.2, 0.25) is 0 Å². The summed E-state index contributed by atoms with van der Waals surface area (Å²) in [5.41, 5.74) is 0.483. The van der Waals surface area contributed by atoms with Crippen LogP contribution >= 0.6 is 12.6 Å². The van der Waals surface area contributed by atoms with Crippen LogP contribution in [-0.2, 0) is 14.3 Å². The van der Waals surface area contributed by atoms with Gasteiger partial charge < -0.3 is 25.4 Å². The number of unbranched alkanes of at least 4 members (excludes halogenated alkanes) is 5. The fraction of sp³-hybridized carbons (Fsp3) is 0.679. The molecule has 0 fully saturated rings. The molecule has 0 heterocycles. The smallest absolute Gasteiger partial charge is 0.408 e. The number of phenols is 1. The average molecular weight is 538 g/mol. The molecule has 0 saturated heterocycles. The summed E-state index contributed by atoms with van der Waals surface area (Å²) in [7, 11) is 0. The van der Waals surface area contributed by atoms with Crippen LogP contribution in [0.15, 0.2) is 18.2 Å². The summed E-state index contributed by atoms with van der Waals surface area (Å²) in [5, 5.41) is 15.7. The number of hydrogen-bond donors (Lipinski definition) is 4. The van der Waals surface area contributed by atoms with Gasteiger partial charge in [0.15, 0.2) is 0 Å². The van der Waals surface area contributed by atoms with Crippen LogP contribution in [0.4, 0.5) is 4.79 Å². The van der Waals surface area contributed by atoms with Crippen molar-refractivity contribution in [3.8, 4) is 5.75 Å². The van der Waals surface area contributed by atoms with Gasteiger partial charge in [-0.3, -0.25) is 9.59 Å². The highest BCUT2D eigenvalue weighted by molar-refractivity contribution is 7.80. The molecule has 2 atom stereocenters. The summed E-state index contributed by atoms with van der Waals surface area (Å²) >= 11 is 4.33. The minimum atomic E-state index is -0.974. The second-order valence-corrected chi connectivity index (χ2v) is 10.8. The van der Waals surface area contributed by atoms with Crippen molar-refractivity contribution in [2.24, 2.45) is 0 Å². The van der Waals surface area contributed by atoms with E-state index >= 15 is 0 Å². The molecule has 0 aliphatic heterocycles. The van der Waals surface area contributed by atoms with Crippen LogP contribution in [0, 0.1) is 6.92 Å². The van der Waals surface area contributed by atoms with Crippen molar-refractivity contribution in [1.29, 1.82) is 0 Å². The lowest BCUT2D eigenvalue weighted by molar-refractivity contribution is -0.142. The number of aromatic hydroxyl groups is 1. The van der Waals surface area contributed by atoms with Gasteiger partial charge in [0.25, 0.3) is 0 Å². The van der Waals surface area contributed by atoms with Gasteiger partial charge in [0.05, 0.1) is 0 Å². The Morgan fingerprint density at radius 2 is 1.70 bits per heavy atom. The van der Waals surface area contributed by atoms with Crippen molar-refractivity contribution < 1.29 is 24.2 Å². The summed E-state index contributed by atoms with van der Waals surface area (Å²) in [6.45, 7) is 12.0. The highest BCUT2D eigenvalue weighted by Crippen LogP contribution is 2.28. The number of hydrogen-bond acceptors (Lipinski definition) is 6. The highest BCUT2D eigenvalue weighted by atomic mass is 32.1. The zero-order valence-electron chi connectivity index (χ0n) is 23.4. The van der Waals surface area contributed by atoms with E-state index in [9.17, 15) is 19.5 Å². The molecule has 0 aliphatic rings. The maximum absolute atomic E-state index is 13.9. The van der Waals surface area contributed by atoms with Gasteiger partial charge in [-0.05, 0) is 63.8 Å². The molecule has 9 heteroatoms. The lowest BCUT2D eigenvalue weighted by atomic mass is 9.99. The molecule has 210 valence electrons. The molecule has 2 unspecified atom stereocenters. The number of benzene rings is 1. The number of carbonyl (C=O) groups is 3. The summed E-state index contributed by atoms with van der Waals surface area (Å²) in [5.74, 6) is -0.539. The van der Waals surface area contributed by atoms with Crippen molar-refractivity contribution in [3.05, 3.63) is 29.3 Å². The number of rotatable bonds is 15. The number of thiol groups is 1. The molecule has 37 heavy (non-hydrogen) atoms. The maximum atomic E-state index is 13.9. The number of ether oxygens (including phenoxy) is 1. The fourth-order valence-corrected chi connectivity index (χ4v) is 4.14. The van der Waals surface area contributed by atoms with Gasteiger partial charge in [0.1, 0.15) is 23.4 Å². The Labute approximate surface area is 228 Å². The Bertz CT molecular complexity index is 872. The van der Waals surface area contributed by atoms with Crippen LogP contribution < -0.4 is 10.6 Å². The standard InChI is InChI=1S/C28H47N3O5S/c1-7-9-11-12-13-17-31(26(34)22(19-37)30-27(35)36-28(4,5)6)24(25(33)29-16-10-8-2)21-14-15-23(32)20(3)18-21/h14-15,18,22,24,32,37H,7-13,16-17,19H2,1-6H3,(H,29,33)(H,30,35). The van der Waals surface area contributed by atoms with E-state index in [0.29, 0.717) is 30.6 Å².